The molecule has 0 N–H and O–H groups in total. The fourth-order valence-corrected chi connectivity index (χ4v) is 9.80. The van der Waals surface area contributed by atoms with Crippen molar-refractivity contribution in [2.45, 2.75) is 5.41 Å². The fourth-order valence-electron chi connectivity index (χ4n) is 9.80. The summed E-state index contributed by atoms with van der Waals surface area (Å²) in [6.45, 7) is 0. The molecule has 2 aliphatic rings. The Balaban J connectivity index is 1.18. The molecule has 0 amide bonds. The van der Waals surface area contributed by atoms with Crippen LogP contribution in [0.3, 0.4) is 0 Å². The van der Waals surface area contributed by atoms with Crippen molar-refractivity contribution in [1.82, 2.24) is 19.5 Å². The van der Waals surface area contributed by atoms with E-state index in [9.17, 15) is 5.26 Å². The van der Waals surface area contributed by atoms with Crippen molar-refractivity contribution in [3.05, 3.63) is 216 Å². The third kappa shape index (κ3) is 4.37. The Hall–Kier alpha value is -7.94. The number of nitrogens with zero attached hydrogens (tertiary/aromatic N) is 5. The van der Waals surface area contributed by atoms with Crippen LogP contribution >= 0.6 is 0 Å². The van der Waals surface area contributed by atoms with Gasteiger partial charge in [0.1, 0.15) is 0 Å². The van der Waals surface area contributed by atoms with Gasteiger partial charge in [-0.05, 0) is 74.3 Å². The van der Waals surface area contributed by atoms with Crippen LogP contribution in [0.5, 0.6) is 0 Å². The summed E-state index contributed by atoms with van der Waals surface area (Å²) in [6, 6.07) is 68.3. The van der Waals surface area contributed by atoms with Crippen molar-refractivity contribution in [2.75, 3.05) is 0 Å². The van der Waals surface area contributed by atoms with E-state index in [1.165, 1.54) is 44.5 Å². The summed E-state index contributed by atoms with van der Waals surface area (Å²) in [7, 11) is 0. The van der Waals surface area contributed by atoms with E-state index in [0.29, 0.717) is 23.2 Å². The molecule has 2 aromatic heterocycles. The zero-order valence-electron chi connectivity index (χ0n) is 31.1. The smallest absolute Gasteiger partial charge is 0.238 e. The summed E-state index contributed by atoms with van der Waals surface area (Å²) in [4.78, 5) is 15.8. The first-order valence-electron chi connectivity index (χ1n) is 19.5. The number of fused-ring (bicyclic) bond motifs is 13. The highest BCUT2D eigenvalue weighted by molar-refractivity contribution is 6.12. The van der Waals surface area contributed by atoms with Gasteiger partial charge in [0.15, 0.2) is 11.6 Å². The van der Waals surface area contributed by atoms with Crippen LogP contribution in [0.2, 0.25) is 0 Å². The van der Waals surface area contributed by atoms with Gasteiger partial charge in [-0.15, -0.1) is 0 Å². The normalized spacial score (nSPS) is 12.9. The summed E-state index contributed by atoms with van der Waals surface area (Å²) in [5, 5.41) is 12.4. The van der Waals surface area contributed by atoms with Crippen LogP contribution in [0.25, 0.3) is 83.9 Å². The summed E-state index contributed by atoms with van der Waals surface area (Å²) < 4.78 is 2.22. The van der Waals surface area contributed by atoms with E-state index in [-0.39, 0.29) is 0 Å². The number of nitriles is 1. The minimum atomic E-state index is -0.499. The minimum Gasteiger partial charge on any atom is -0.278 e. The number of rotatable bonds is 4. The van der Waals surface area contributed by atoms with Crippen molar-refractivity contribution in [3.8, 4) is 68.2 Å². The number of hydrogen-bond acceptors (Lipinski definition) is 4. The van der Waals surface area contributed by atoms with E-state index < -0.39 is 5.41 Å². The van der Waals surface area contributed by atoms with Gasteiger partial charge in [-0.1, -0.05) is 164 Å². The molecule has 0 radical (unpaired) electrons. The molecule has 0 fully saturated rings. The quantitative estimate of drug-likeness (QED) is 0.180. The van der Waals surface area contributed by atoms with Crippen LogP contribution in [0.4, 0.5) is 0 Å². The molecule has 8 aromatic carbocycles. The Bertz CT molecular complexity index is 3320. The number of hydrogen-bond donors (Lipinski definition) is 0. The standard InChI is InChI=1S/C53H31N5/c54-32-34-18-4-5-19-35(34)36-20-6-7-25-41(36)51-55-50(33-16-2-1-3-17-33)56-52(57-51)58-48-29-15-11-24-40(48)43-30-42-39-23-10-14-28-46(39)53(47(42)31-49(43)58)44-26-12-8-21-37(44)38-22-9-13-27-45(38)53/h1-31H. The molecule has 5 heteroatoms. The molecule has 0 aliphatic heterocycles. The SMILES string of the molecule is N#Cc1ccccc1-c1ccccc1-c1nc(-c2ccccc2)nc(-n2c3ccccc3c3cc4c(cc32)C2(c3ccccc3-c3ccccc32)c2ccccc2-4)n1. The summed E-state index contributed by atoms with van der Waals surface area (Å²) in [5.41, 5.74) is 15.7. The number of benzene rings is 8. The molecular formula is C53H31N5. The van der Waals surface area contributed by atoms with Gasteiger partial charge in [0.25, 0.3) is 0 Å². The molecule has 0 saturated heterocycles. The van der Waals surface area contributed by atoms with Crippen molar-refractivity contribution in [2.24, 2.45) is 0 Å². The molecule has 0 atom stereocenters. The average Bonchev–Trinajstić information content (AvgIpc) is 3.90. The largest absolute Gasteiger partial charge is 0.278 e. The van der Waals surface area contributed by atoms with Crippen LogP contribution < -0.4 is 0 Å². The topological polar surface area (TPSA) is 67.4 Å². The zero-order valence-corrected chi connectivity index (χ0v) is 31.1. The summed E-state index contributed by atoms with van der Waals surface area (Å²) in [5.74, 6) is 1.62. The zero-order chi connectivity index (χ0) is 38.4. The highest BCUT2D eigenvalue weighted by Gasteiger charge is 2.51. The summed E-state index contributed by atoms with van der Waals surface area (Å²) >= 11 is 0. The molecule has 0 unspecified atom stereocenters. The van der Waals surface area contributed by atoms with E-state index in [0.717, 1.165) is 44.1 Å². The van der Waals surface area contributed by atoms with Gasteiger partial charge in [-0.2, -0.15) is 15.2 Å². The van der Waals surface area contributed by atoms with Crippen LogP contribution in [-0.4, -0.2) is 19.5 Å². The van der Waals surface area contributed by atoms with Crippen LogP contribution in [0.15, 0.2) is 188 Å². The maximum absolute atomic E-state index is 10.1. The highest BCUT2D eigenvalue weighted by Crippen LogP contribution is 2.63. The second-order valence-electron chi connectivity index (χ2n) is 15.0. The third-order valence-corrected chi connectivity index (χ3v) is 12.2. The molecule has 1 spiro atoms. The van der Waals surface area contributed by atoms with E-state index in [1.54, 1.807) is 0 Å². The van der Waals surface area contributed by atoms with E-state index >= 15 is 0 Å². The van der Waals surface area contributed by atoms with Crippen LogP contribution in [-0.2, 0) is 5.41 Å². The molecule has 10 aromatic rings. The maximum atomic E-state index is 10.1. The molecule has 2 heterocycles. The Morgan fingerprint density at radius 2 is 0.931 bits per heavy atom. The van der Waals surface area contributed by atoms with Gasteiger partial charge in [-0.3, -0.25) is 4.57 Å². The predicted molar refractivity (Wildman–Crippen MR) is 231 cm³/mol. The lowest BCUT2D eigenvalue weighted by molar-refractivity contribution is 0.794. The molecule has 2 aliphatic carbocycles. The molecule has 5 nitrogen and oxygen atoms in total. The van der Waals surface area contributed by atoms with Gasteiger partial charge in [-0.25, -0.2) is 4.98 Å². The molecule has 0 bridgehead atoms. The lowest BCUT2D eigenvalue weighted by atomic mass is 9.70. The molecule has 268 valence electrons. The number of aromatic nitrogens is 4. The Kier molecular flexibility index (Phi) is 6.84. The van der Waals surface area contributed by atoms with Gasteiger partial charge in [0.2, 0.25) is 5.95 Å². The Morgan fingerprint density at radius 1 is 0.397 bits per heavy atom. The van der Waals surface area contributed by atoms with Crippen LogP contribution in [0, 0.1) is 11.3 Å². The second kappa shape index (κ2) is 12.3. The molecule has 12 rings (SSSR count). The first-order valence-corrected chi connectivity index (χ1v) is 19.5. The van der Waals surface area contributed by atoms with Crippen molar-refractivity contribution < 1.29 is 0 Å². The van der Waals surface area contributed by atoms with E-state index in [4.69, 9.17) is 15.0 Å². The third-order valence-electron chi connectivity index (χ3n) is 12.2. The monoisotopic (exact) mass is 737 g/mol. The van der Waals surface area contributed by atoms with E-state index in [1.807, 2.05) is 78.9 Å². The number of para-hydroxylation sites is 1. The molecule has 0 saturated carbocycles. The first kappa shape index (κ1) is 32.3. The second-order valence-corrected chi connectivity index (χ2v) is 15.0. The maximum Gasteiger partial charge on any atom is 0.238 e. The minimum absolute atomic E-state index is 0.499. The fraction of sp³-hybridized carbons (Fsp3) is 0.0189. The first-order chi connectivity index (χ1) is 28.7. The predicted octanol–water partition coefficient (Wildman–Crippen LogP) is 12.2. The molecular weight excluding hydrogens is 707 g/mol. The van der Waals surface area contributed by atoms with Gasteiger partial charge in [0, 0.05) is 27.5 Å². The lowest BCUT2D eigenvalue weighted by Crippen LogP contribution is -2.25. The van der Waals surface area contributed by atoms with Gasteiger partial charge < -0.3 is 0 Å². The lowest BCUT2D eigenvalue weighted by Gasteiger charge is -2.30. The van der Waals surface area contributed by atoms with Crippen LogP contribution in [0.1, 0.15) is 27.8 Å². The van der Waals surface area contributed by atoms with E-state index in [2.05, 4.69) is 120 Å². The summed E-state index contributed by atoms with van der Waals surface area (Å²) in [6.07, 6.45) is 0. The van der Waals surface area contributed by atoms with Crippen molar-refractivity contribution >= 4 is 21.8 Å². The highest BCUT2D eigenvalue weighted by atomic mass is 15.2. The Morgan fingerprint density at radius 3 is 1.62 bits per heavy atom. The molecule has 58 heavy (non-hydrogen) atoms. The van der Waals surface area contributed by atoms with Gasteiger partial charge in [0.05, 0.1) is 28.1 Å². The van der Waals surface area contributed by atoms with Crippen molar-refractivity contribution in [1.29, 1.82) is 5.26 Å². The Labute approximate surface area is 334 Å². The average molecular weight is 738 g/mol. The van der Waals surface area contributed by atoms with Gasteiger partial charge >= 0.3 is 0 Å². The van der Waals surface area contributed by atoms with Crippen molar-refractivity contribution in [3.63, 3.8) is 0 Å².